The van der Waals surface area contributed by atoms with Crippen LogP contribution in [0.5, 0.6) is 0 Å². The highest BCUT2D eigenvalue weighted by Crippen LogP contribution is 2.47. The van der Waals surface area contributed by atoms with Crippen LogP contribution in [-0.4, -0.2) is 30.8 Å². The maximum Gasteiger partial charge on any atom is 0.251 e. The second kappa shape index (κ2) is 6.55. The summed E-state index contributed by atoms with van der Waals surface area (Å²) in [5, 5.41) is 5.14. The highest BCUT2D eigenvalue weighted by Gasteiger charge is 2.43. The molecule has 6 nitrogen and oxygen atoms in total. The Labute approximate surface area is 127 Å². The molecule has 0 bridgehead atoms. The summed E-state index contributed by atoms with van der Waals surface area (Å²) < 4.78 is 12.7. The largest absolute Gasteiger partial charge is 0.370 e. The highest BCUT2D eigenvalue weighted by atomic mass is 19.1. The molecule has 0 spiro atoms. The van der Waals surface area contributed by atoms with E-state index in [-0.39, 0.29) is 35.8 Å². The van der Waals surface area contributed by atoms with E-state index in [4.69, 9.17) is 5.73 Å². The average molecular weight is 307 g/mol. The maximum atomic E-state index is 12.7. The zero-order valence-corrected chi connectivity index (χ0v) is 12.0. The summed E-state index contributed by atoms with van der Waals surface area (Å²) in [4.78, 5) is 34.4. The number of nitrogens with one attached hydrogen (secondary N) is 2. The summed E-state index contributed by atoms with van der Waals surface area (Å²) >= 11 is 0. The van der Waals surface area contributed by atoms with Gasteiger partial charge >= 0.3 is 0 Å². The van der Waals surface area contributed by atoms with E-state index < -0.39 is 11.7 Å². The molecule has 0 radical (unpaired) electrons. The lowest BCUT2D eigenvalue weighted by atomic mass is 10.0. The van der Waals surface area contributed by atoms with E-state index in [0.717, 1.165) is 12.8 Å². The molecule has 1 aromatic rings. The van der Waals surface area contributed by atoms with Gasteiger partial charge in [0.25, 0.3) is 5.91 Å². The zero-order chi connectivity index (χ0) is 16.2. The zero-order valence-electron chi connectivity index (χ0n) is 12.0. The van der Waals surface area contributed by atoms with Crippen LogP contribution in [0.3, 0.4) is 0 Å². The standard InChI is InChI=1S/C15H18FN3O3/c16-11-3-1-10(2-4-11)14(22)18-8-13(21)19-9-15(5-6-15)7-12(17)20/h1-4H,5-9H2,(H2,17,20)(H,18,22)(H,19,21). The van der Waals surface area contributed by atoms with Gasteiger partial charge in [-0.25, -0.2) is 4.39 Å². The minimum atomic E-state index is -0.451. The van der Waals surface area contributed by atoms with E-state index in [9.17, 15) is 18.8 Å². The number of amides is 3. The van der Waals surface area contributed by atoms with Gasteiger partial charge in [-0.15, -0.1) is 0 Å². The van der Waals surface area contributed by atoms with E-state index in [1.165, 1.54) is 24.3 Å². The van der Waals surface area contributed by atoms with Gasteiger partial charge in [0, 0.05) is 18.5 Å². The molecule has 0 unspecified atom stereocenters. The summed E-state index contributed by atoms with van der Waals surface area (Å²) in [5.74, 6) is -1.60. The first-order valence-corrected chi connectivity index (χ1v) is 6.99. The normalized spacial score (nSPS) is 15.0. The van der Waals surface area contributed by atoms with Crippen molar-refractivity contribution in [3.63, 3.8) is 0 Å². The highest BCUT2D eigenvalue weighted by molar-refractivity contribution is 5.96. The third-order valence-corrected chi connectivity index (χ3v) is 3.68. The van der Waals surface area contributed by atoms with Crippen molar-refractivity contribution in [2.75, 3.05) is 13.1 Å². The minimum absolute atomic E-state index is 0.178. The van der Waals surface area contributed by atoms with Gasteiger partial charge in [-0.3, -0.25) is 14.4 Å². The van der Waals surface area contributed by atoms with Gasteiger partial charge in [0.2, 0.25) is 11.8 Å². The van der Waals surface area contributed by atoms with Gasteiger partial charge in [0.1, 0.15) is 5.82 Å². The van der Waals surface area contributed by atoms with Crippen molar-refractivity contribution < 1.29 is 18.8 Å². The predicted molar refractivity (Wildman–Crippen MR) is 77.2 cm³/mol. The van der Waals surface area contributed by atoms with E-state index >= 15 is 0 Å². The van der Waals surface area contributed by atoms with Crippen LogP contribution in [0.25, 0.3) is 0 Å². The second-order valence-electron chi connectivity index (χ2n) is 5.61. The molecule has 1 aliphatic carbocycles. The minimum Gasteiger partial charge on any atom is -0.370 e. The Hall–Kier alpha value is -2.44. The molecule has 2 rings (SSSR count). The van der Waals surface area contributed by atoms with Crippen molar-refractivity contribution in [2.24, 2.45) is 11.1 Å². The van der Waals surface area contributed by atoms with Gasteiger partial charge < -0.3 is 16.4 Å². The molecule has 1 saturated carbocycles. The van der Waals surface area contributed by atoms with Gasteiger partial charge in [0.15, 0.2) is 0 Å². The Morgan fingerprint density at radius 2 is 1.77 bits per heavy atom. The smallest absolute Gasteiger partial charge is 0.251 e. The number of primary amides is 1. The Morgan fingerprint density at radius 1 is 1.14 bits per heavy atom. The Bertz CT molecular complexity index is 582. The molecular formula is C15H18FN3O3. The molecule has 0 aliphatic heterocycles. The van der Waals surface area contributed by atoms with Crippen LogP contribution in [-0.2, 0) is 9.59 Å². The summed E-state index contributed by atoms with van der Waals surface area (Å²) in [6.07, 6.45) is 1.98. The first-order valence-electron chi connectivity index (χ1n) is 6.99. The number of carbonyl (C=O) groups is 3. The van der Waals surface area contributed by atoms with Crippen LogP contribution in [0.4, 0.5) is 4.39 Å². The van der Waals surface area contributed by atoms with Crippen LogP contribution in [0.15, 0.2) is 24.3 Å². The molecule has 0 saturated heterocycles. The topological polar surface area (TPSA) is 101 Å². The molecule has 0 aromatic heterocycles. The summed E-state index contributed by atoms with van der Waals surface area (Å²) in [6.45, 7) is 0.198. The fourth-order valence-electron chi connectivity index (χ4n) is 2.17. The predicted octanol–water partition coefficient (Wildman–Crippen LogP) is 0.327. The molecule has 4 N–H and O–H groups in total. The van der Waals surface area contributed by atoms with Gasteiger partial charge in [0.05, 0.1) is 6.54 Å². The first kappa shape index (κ1) is 15.9. The van der Waals surface area contributed by atoms with Crippen LogP contribution >= 0.6 is 0 Å². The Kier molecular flexibility index (Phi) is 4.75. The SMILES string of the molecule is NC(=O)CC1(CNC(=O)CNC(=O)c2ccc(F)cc2)CC1. The van der Waals surface area contributed by atoms with Gasteiger partial charge in [-0.05, 0) is 42.5 Å². The van der Waals surface area contributed by atoms with Crippen molar-refractivity contribution >= 4 is 17.7 Å². The summed E-state index contributed by atoms with van der Waals surface area (Å²) in [5.41, 5.74) is 5.24. The van der Waals surface area contributed by atoms with Gasteiger partial charge in [-0.1, -0.05) is 0 Å². The van der Waals surface area contributed by atoms with E-state index in [1.807, 2.05) is 0 Å². The lowest BCUT2D eigenvalue weighted by molar-refractivity contribution is -0.122. The first-order chi connectivity index (χ1) is 10.4. The van der Waals surface area contributed by atoms with Crippen molar-refractivity contribution in [2.45, 2.75) is 19.3 Å². The van der Waals surface area contributed by atoms with Crippen molar-refractivity contribution in [3.05, 3.63) is 35.6 Å². The van der Waals surface area contributed by atoms with E-state index in [2.05, 4.69) is 10.6 Å². The summed E-state index contributed by atoms with van der Waals surface area (Å²) in [6, 6.07) is 5.04. The maximum absolute atomic E-state index is 12.7. The quantitative estimate of drug-likeness (QED) is 0.676. The van der Waals surface area contributed by atoms with E-state index in [1.54, 1.807) is 0 Å². The fourth-order valence-corrected chi connectivity index (χ4v) is 2.17. The van der Waals surface area contributed by atoms with Crippen LogP contribution in [0, 0.1) is 11.2 Å². The Balaban J connectivity index is 1.72. The lowest BCUT2D eigenvalue weighted by Crippen LogP contribution is -2.40. The molecular weight excluding hydrogens is 289 g/mol. The van der Waals surface area contributed by atoms with Crippen molar-refractivity contribution in [3.8, 4) is 0 Å². The average Bonchev–Trinajstić information content (AvgIpc) is 3.22. The number of halogens is 1. The Morgan fingerprint density at radius 3 is 2.32 bits per heavy atom. The number of hydrogen-bond acceptors (Lipinski definition) is 3. The number of benzene rings is 1. The van der Waals surface area contributed by atoms with Crippen molar-refractivity contribution in [1.82, 2.24) is 10.6 Å². The third kappa shape index (κ3) is 4.54. The molecule has 0 heterocycles. The van der Waals surface area contributed by atoms with Gasteiger partial charge in [-0.2, -0.15) is 0 Å². The lowest BCUT2D eigenvalue weighted by Gasteiger charge is -2.14. The molecule has 1 aromatic carbocycles. The number of hydrogen-bond donors (Lipinski definition) is 3. The molecule has 22 heavy (non-hydrogen) atoms. The molecule has 1 aliphatic rings. The van der Waals surface area contributed by atoms with Crippen LogP contribution in [0.1, 0.15) is 29.6 Å². The number of carbonyl (C=O) groups excluding carboxylic acids is 3. The number of nitrogens with two attached hydrogens (primary N) is 1. The molecule has 1 fully saturated rings. The fraction of sp³-hybridized carbons (Fsp3) is 0.400. The van der Waals surface area contributed by atoms with Crippen LogP contribution < -0.4 is 16.4 Å². The third-order valence-electron chi connectivity index (χ3n) is 3.68. The monoisotopic (exact) mass is 307 g/mol. The van der Waals surface area contributed by atoms with E-state index in [0.29, 0.717) is 6.54 Å². The molecule has 7 heteroatoms. The second-order valence-corrected chi connectivity index (χ2v) is 5.61. The molecule has 3 amide bonds. The van der Waals surface area contributed by atoms with Crippen LogP contribution in [0.2, 0.25) is 0 Å². The molecule has 0 atom stereocenters. The van der Waals surface area contributed by atoms with Crippen molar-refractivity contribution in [1.29, 1.82) is 0 Å². The molecule has 118 valence electrons. The number of rotatable bonds is 7. The summed E-state index contributed by atoms with van der Waals surface area (Å²) in [7, 11) is 0.